The number of anilines is 2. The molecule has 1 heterocycles. The maximum absolute atomic E-state index is 10.5. The number of nitrogen functional groups attached to an aromatic ring is 1. The van der Waals surface area contributed by atoms with Crippen LogP contribution in [0.3, 0.4) is 0 Å². The van der Waals surface area contributed by atoms with Crippen LogP contribution in [0.25, 0.3) is 0 Å². The van der Waals surface area contributed by atoms with Gasteiger partial charge in [-0.05, 0) is 37.0 Å². The van der Waals surface area contributed by atoms with Crippen molar-refractivity contribution < 1.29 is 4.79 Å². The minimum absolute atomic E-state index is 0.269. The molecule has 1 aromatic carbocycles. The van der Waals surface area contributed by atoms with Crippen molar-refractivity contribution in [2.75, 3.05) is 11.1 Å². The Hall–Kier alpha value is -1.51. The number of carbonyl (C=O) groups is 1. The van der Waals surface area contributed by atoms with E-state index in [4.69, 9.17) is 5.73 Å². The predicted molar refractivity (Wildman–Crippen MR) is 61.9 cm³/mol. The van der Waals surface area contributed by atoms with Crippen LogP contribution in [0.2, 0.25) is 0 Å². The summed E-state index contributed by atoms with van der Waals surface area (Å²) in [4.78, 5) is 10.5. The molecule has 15 heavy (non-hydrogen) atoms. The van der Waals surface area contributed by atoms with Crippen LogP contribution < -0.4 is 11.1 Å². The van der Waals surface area contributed by atoms with E-state index in [1.54, 1.807) is 0 Å². The van der Waals surface area contributed by atoms with Gasteiger partial charge in [0.1, 0.15) is 6.29 Å². The first kappa shape index (κ1) is 10.0. The number of nitrogens with two attached hydrogens (primary N) is 1. The van der Waals surface area contributed by atoms with Gasteiger partial charge in [0.05, 0.1) is 0 Å². The SMILES string of the molecule is Nc1ccc2c(c1)NC(CC=O)CCC2. The first-order chi connectivity index (χ1) is 7.29. The fraction of sp³-hybridized carbons (Fsp3) is 0.417. The van der Waals surface area contributed by atoms with E-state index in [9.17, 15) is 4.79 Å². The van der Waals surface area contributed by atoms with Gasteiger partial charge >= 0.3 is 0 Å². The van der Waals surface area contributed by atoms with E-state index in [0.29, 0.717) is 6.42 Å². The molecule has 3 N–H and O–H groups in total. The number of rotatable bonds is 2. The second-order valence-electron chi connectivity index (χ2n) is 4.05. The zero-order chi connectivity index (χ0) is 10.7. The molecule has 1 aliphatic heterocycles. The quantitative estimate of drug-likeness (QED) is 0.572. The molecule has 1 unspecified atom stereocenters. The van der Waals surface area contributed by atoms with Crippen molar-refractivity contribution in [2.24, 2.45) is 0 Å². The summed E-state index contributed by atoms with van der Waals surface area (Å²) in [5.74, 6) is 0. The lowest BCUT2D eigenvalue weighted by atomic mass is 10.1. The molecule has 3 heteroatoms. The lowest BCUT2D eigenvalue weighted by molar-refractivity contribution is -0.108. The average molecular weight is 204 g/mol. The largest absolute Gasteiger partial charge is 0.399 e. The minimum atomic E-state index is 0.269. The highest BCUT2D eigenvalue weighted by atomic mass is 16.1. The van der Waals surface area contributed by atoms with E-state index in [-0.39, 0.29) is 6.04 Å². The molecule has 0 bridgehead atoms. The van der Waals surface area contributed by atoms with E-state index in [2.05, 4.69) is 11.4 Å². The lowest BCUT2D eigenvalue weighted by Gasteiger charge is -2.15. The summed E-state index contributed by atoms with van der Waals surface area (Å²) in [7, 11) is 0. The topological polar surface area (TPSA) is 55.1 Å². The molecule has 0 aromatic heterocycles. The standard InChI is InChI=1S/C12H16N2O/c13-10-5-4-9-2-1-3-11(6-7-15)14-12(9)8-10/h4-5,7-8,11,14H,1-3,6,13H2. The van der Waals surface area contributed by atoms with Crippen molar-refractivity contribution in [2.45, 2.75) is 31.7 Å². The van der Waals surface area contributed by atoms with Crippen molar-refractivity contribution in [3.05, 3.63) is 23.8 Å². The Kier molecular flexibility index (Phi) is 2.90. The third-order valence-corrected chi connectivity index (χ3v) is 2.87. The van der Waals surface area contributed by atoms with Crippen LogP contribution in [0.15, 0.2) is 18.2 Å². The van der Waals surface area contributed by atoms with Crippen molar-refractivity contribution in [3.8, 4) is 0 Å². The fourth-order valence-corrected chi connectivity index (χ4v) is 2.07. The molecular weight excluding hydrogens is 188 g/mol. The highest BCUT2D eigenvalue weighted by Gasteiger charge is 2.15. The van der Waals surface area contributed by atoms with Gasteiger partial charge in [0.2, 0.25) is 0 Å². The zero-order valence-corrected chi connectivity index (χ0v) is 8.70. The van der Waals surface area contributed by atoms with Crippen molar-refractivity contribution >= 4 is 17.7 Å². The average Bonchev–Trinajstić information content (AvgIpc) is 2.39. The number of fused-ring (bicyclic) bond motifs is 1. The summed E-state index contributed by atoms with van der Waals surface area (Å²) in [5.41, 5.74) is 8.91. The Morgan fingerprint density at radius 1 is 1.53 bits per heavy atom. The molecule has 0 amide bonds. The Balaban J connectivity index is 2.23. The summed E-state index contributed by atoms with van der Waals surface area (Å²) < 4.78 is 0. The molecule has 0 saturated heterocycles. The molecular formula is C12H16N2O. The van der Waals surface area contributed by atoms with Gasteiger partial charge in [-0.3, -0.25) is 0 Å². The molecule has 0 saturated carbocycles. The Bertz CT molecular complexity index is 363. The summed E-state index contributed by atoms with van der Waals surface area (Å²) >= 11 is 0. The minimum Gasteiger partial charge on any atom is -0.399 e. The van der Waals surface area contributed by atoms with E-state index in [1.807, 2.05) is 12.1 Å². The van der Waals surface area contributed by atoms with Gasteiger partial charge < -0.3 is 15.8 Å². The third-order valence-electron chi connectivity index (χ3n) is 2.87. The number of aryl methyl sites for hydroxylation is 1. The van der Waals surface area contributed by atoms with E-state index < -0.39 is 0 Å². The molecule has 0 aliphatic carbocycles. The summed E-state index contributed by atoms with van der Waals surface area (Å²) in [6.45, 7) is 0. The van der Waals surface area contributed by atoms with Crippen LogP contribution in [0.5, 0.6) is 0 Å². The summed E-state index contributed by atoms with van der Waals surface area (Å²) in [6, 6.07) is 6.23. The van der Waals surface area contributed by atoms with Gasteiger partial charge in [-0.1, -0.05) is 6.07 Å². The van der Waals surface area contributed by atoms with Gasteiger partial charge in [0.15, 0.2) is 0 Å². The van der Waals surface area contributed by atoms with E-state index in [0.717, 1.165) is 36.9 Å². The van der Waals surface area contributed by atoms with Crippen LogP contribution in [0.1, 0.15) is 24.8 Å². The molecule has 1 aliphatic rings. The van der Waals surface area contributed by atoms with Gasteiger partial charge in [0, 0.05) is 23.8 Å². The molecule has 80 valence electrons. The molecule has 3 nitrogen and oxygen atoms in total. The van der Waals surface area contributed by atoms with Crippen molar-refractivity contribution in [3.63, 3.8) is 0 Å². The van der Waals surface area contributed by atoms with Crippen LogP contribution in [0.4, 0.5) is 11.4 Å². The lowest BCUT2D eigenvalue weighted by Crippen LogP contribution is -2.18. The van der Waals surface area contributed by atoms with Crippen molar-refractivity contribution in [1.82, 2.24) is 0 Å². The smallest absolute Gasteiger partial charge is 0.122 e. The Morgan fingerprint density at radius 3 is 3.20 bits per heavy atom. The molecule has 0 radical (unpaired) electrons. The van der Waals surface area contributed by atoms with Crippen LogP contribution >= 0.6 is 0 Å². The second kappa shape index (κ2) is 4.34. The number of hydrogen-bond donors (Lipinski definition) is 2. The normalized spacial score (nSPS) is 19.9. The molecule has 0 spiro atoms. The third kappa shape index (κ3) is 2.29. The van der Waals surface area contributed by atoms with Crippen molar-refractivity contribution in [1.29, 1.82) is 0 Å². The fourth-order valence-electron chi connectivity index (χ4n) is 2.07. The van der Waals surface area contributed by atoms with Gasteiger partial charge in [-0.25, -0.2) is 0 Å². The molecule has 2 rings (SSSR count). The summed E-state index contributed by atoms with van der Waals surface area (Å²) in [5, 5.41) is 3.39. The number of nitrogens with one attached hydrogen (secondary N) is 1. The monoisotopic (exact) mass is 204 g/mol. The molecule has 1 atom stereocenters. The highest BCUT2D eigenvalue weighted by molar-refractivity contribution is 5.62. The van der Waals surface area contributed by atoms with Crippen LogP contribution in [0, 0.1) is 0 Å². The first-order valence-electron chi connectivity index (χ1n) is 5.38. The van der Waals surface area contributed by atoms with Crippen LogP contribution in [-0.2, 0) is 11.2 Å². The second-order valence-corrected chi connectivity index (χ2v) is 4.05. The number of carbonyl (C=O) groups excluding carboxylic acids is 1. The number of hydrogen-bond acceptors (Lipinski definition) is 3. The van der Waals surface area contributed by atoms with Gasteiger partial charge in [-0.15, -0.1) is 0 Å². The molecule has 0 fully saturated rings. The first-order valence-corrected chi connectivity index (χ1v) is 5.38. The zero-order valence-electron chi connectivity index (χ0n) is 8.70. The number of benzene rings is 1. The number of aldehydes is 1. The van der Waals surface area contributed by atoms with Gasteiger partial charge in [-0.2, -0.15) is 0 Å². The summed E-state index contributed by atoms with van der Waals surface area (Å²) in [6.07, 6.45) is 4.80. The van der Waals surface area contributed by atoms with E-state index in [1.165, 1.54) is 5.56 Å². The highest BCUT2D eigenvalue weighted by Crippen LogP contribution is 2.26. The Labute approximate surface area is 89.7 Å². The molecule has 1 aromatic rings. The maximum atomic E-state index is 10.5. The van der Waals surface area contributed by atoms with Gasteiger partial charge in [0.25, 0.3) is 0 Å². The predicted octanol–water partition coefficient (Wildman–Crippen LogP) is 1.97. The van der Waals surface area contributed by atoms with Crippen LogP contribution in [-0.4, -0.2) is 12.3 Å². The Morgan fingerprint density at radius 2 is 2.40 bits per heavy atom. The van der Waals surface area contributed by atoms with E-state index >= 15 is 0 Å². The maximum Gasteiger partial charge on any atom is 0.122 e.